The van der Waals surface area contributed by atoms with Gasteiger partial charge < -0.3 is 15.4 Å². The van der Waals surface area contributed by atoms with Gasteiger partial charge in [-0.2, -0.15) is 9.97 Å². The third-order valence-corrected chi connectivity index (χ3v) is 4.40. The summed E-state index contributed by atoms with van der Waals surface area (Å²) in [6, 6.07) is 7.74. The van der Waals surface area contributed by atoms with E-state index in [1.807, 2.05) is 18.2 Å². The Morgan fingerprint density at radius 3 is 2.84 bits per heavy atom. The molecule has 1 aliphatic rings. The lowest BCUT2D eigenvalue weighted by Gasteiger charge is -2.34. The predicted molar refractivity (Wildman–Crippen MR) is 97.6 cm³/mol. The molecule has 1 fully saturated rings. The Balaban J connectivity index is 1.82. The Morgan fingerprint density at radius 1 is 1.20 bits per heavy atom. The third kappa shape index (κ3) is 3.08. The van der Waals surface area contributed by atoms with Gasteiger partial charge in [0, 0.05) is 18.3 Å². The van der Waals surface area contributed by atoms with E-state index in [0.717, 1.165) is 29.0 Å². The Bertz CT molecular complexity index is 917. The Labute approximate surface area is 149 Å². The zero-order valence-corrected chi connectivity index (χ0v) is 14.4. The molecule has 1 aliphatic heterocycles. The van der Waals surface area contributed by atoms with Crippen LogP contribution in [0.5, 0.6) is 0 Å². The van der Waals surface area contributed by atoms with Gasteiger partial charge in [0.05, 0.1) is 30.3 Å². The highest BCUT2D eigenvalue weighted by Crippen LogP contribution is 2.29. The lowest BCUT2D eigenvalue weighted by molar-refractivity contribution is 0.0987. The zero-order chi connectivity index (χ0) is 17.4. The first-order chi connectivity index (χ1) is 12.1. The van der Waals surface area contributed by atoms with E-state index in [4.69, 9.17) is 22.1 Å². The summed E-state index contributed by atoms with van der Waals surface area (Å²) in [6.45, 7) is 4.18. The molecule has 7 nitrogen and oxygen atoms in total. The van der Waals surface area contributed by atoms with Gasteiger partial charge in [-0.1, -0.05) is 0 Å². The number of rotatable bonds is 2. The van der Waals surface area contributed by atoms with E-state index in [1.165, 1.54) is 0 Å². The minimum atomic E-state index is 0.182. The van der Waals surface area contributed by atoms with Crippen LogP contribution in [0, 0.1) is 0 Å². The molecular weight excluding hydrogens is 340 g/mol. The Morgan fingerprint density at radius 2 is 2.08 bits per heavy atom. The van der Waals surface area contributed by atoms with E-state index in [2.05, 4.69) is 31.8 Å². The van der Waals surface area contributed by atoms with Crippen molar-refractivity contribution < 1.29 is 4.74 Å². The van der Waals surface area contributed by atoms with Gasteiger partial charge in [-0.15, -0.1) is 0 Å². The van der Waals surface area contributed by atoms with Gasteiger partial charge in [0.25, 0.3) is 0 Å². The maximum absolute atomic E-state index is 6.16. The van der Waals surface area contributed by atoms with E-state index in [-0.39, 0.29) is 11.3 Å². The molecule has 1 unspecified atom stereocenters. The smallest absolute Gasteiger partial charge is 0.226 e. The molecular formula is C17H17ClN6O. The number of fused-ring (bicyclic) bond motifs is 1. The largest absolute Gasteiger partial charge is 0.384 e. The molecule has 4 heterocycles. The lowest BCUT2D eigenvalue weighted by Crippen LogP contribution is -2.44. The first-order valence-electron chi connectivity index (χ1n) is 8.02. The number of nitrogens with zero attached hydrogens (tertiary/aromatic N) is 5. The molecule has 0 aliphatic carbocycles. The number of hydrogen-bond acceptors (Lipinski definition) is 7. The van der Waals surface area contributed by atoms with Gasteiger partial charge in [-0.05, 0) is 42.8 Å². The average molecular weight is 357 g/mol. The lowest BCUT2D eigenvalue weighted by atomic mass is 10.1. The topological polar surface area (TPSA) is 90.0 Å². The first kappa shape index (κ1) is 16.0. The van der Waals surface area contributed by atoms with E-state index in [0.29, 0.717) is 24.7 Å². The first-order valence-corrected chi connectivity index (χ1v) is 8.40. The number of morpholine rings is 1. The highest BCUT2D eigenvalue weighted by molar-refractivity contribution is 6.28. The van der Waals surface area contributed by atoms with Crippen LogP contribution in [0.15, 0.2) is 30.5 Å². The summed E-state index contributed by atoms with van der Waals surface area (Å²) in [5.74, 6) is 1.26. The van der Waals surface area contributed by atoms with Crippen molar-refractivity contribution in [2.45, 2.75) is 13.0 Å². The van der Waals surface area contributed by atoms with Crippen LogP contribution in [-0.4, -0.2) is 45.7 Å². The van der Waals surface area contributed by atoms with Crippen LogP contribution >= 0.6 is 11.6 Å². The van der Waals surface area contributed by atoms with E-state index in [9.17, 15) is 0 Å². The van der Waals surface area contributed by atoms with Crippen molar-refractivity contribution in [1.29, 1.82) is 0 Å². The Hall–Kier alpha value is -2.51. The van der Waals surface area contributed by atoms with Crippen molar-refractivity contribution in [3.63, 3.8) is 0 Å². The van der Waals surface area contributed by atoms with Crippen molar-refractivity contribution in [2.24, 2.45) is 0 Å². The molecule has 1 atom stereocenters. The molecule has 0 bridgehead atoms. The fourth-order valence-corrected chi connectivity index (χ4v) is 3.11. The molecule has 8 heteroatoms. The van der Waals surface area contributed by atoms with Gasteiger partial charge in [0.1, 0.15) is 11.6 Å². The SMILES string of the molecule is CC1COCCN1c1nc(Cl)nc2nc(-c3ccc(N)nc3)ccc12. The summed E-state index contributed by atoms with van der Waals surface area (Å²) in [7, 11) is 0. The van der Waals surface area contributed by atoms with Crippen molar-refractivity contribution in [3.05, 3.63) is 35.7 Å². The molecule has 128 valence electrons. The molecule has 0 spiro atoms. The second kappa shape index (κ2) is 6.42. The van der Waals surface area contributed by atoms with Crippen LogP contribution in [0.25, 0.3) is 22.3 Å². The van der Waals surface area contributed by atoms with Crippen molar-refractivity contribution in [2.75, 3.05) is 30.4 Å². The van der Waals surface area contributed by atoms with Crippen molar-refractivity contribution in [1.82, 2.24) is 19.9 Å². The molecule has 4 rings (SSSR count). The Kier molecular flexibility index (Phi) is 4.10. The predicted octanol–water partition coefficient (Wildman–Crippen LogP) is 2.55. The molecule has 1 saturated heterocycles. The summed E-state index contributed by atoms with van der Waals surface area (Å²) >= 11 is 6.16. The number of nitrogen functional groups attached to an aromatic ring is 1. The van der Waals surface area contributed by atoms with Gasteiger partial charge >= 0.3 is 0 Å². The number of anilines is 2. The average Bonchev–Trinajstić information content (AvgIpc) is 2.61. The van der Waals surface area contributed by atoms with Crippen LogP contribution in [0.3, 0.4) is 0 Å². The maximum atomic E-state index is 6.16. The van der Waals surface area contributed by atoms with Gasteiger partial charge in [0.2, 0.25) is 5.28 Å². The fraction of sp³-hybridized carbons (Fsp3) is 0.294. The monoisotopic (exact) mass is 356 g/mol. The zero-order valence-electron chi connectivity index (χ0n) is 13.7. The second-order valence-corrected chi connectivity index (χ2v) is 6.31. The minimum absolute atomic E-state index is 0.182. The minimum Gasteiger partial charge on any atom is -0.384 e. The molecule has 0 aromatic carbocycles. The van der Waals surface area contributed by atoms with Crippen molar-refractivity contribution >= 4 is 34.3 Å². The van der Waals surface area contributed by atoms with E-state index < -0.39 is 0 Å². The van der Waals surface area contributed by atoms with Crippen LogP contribution in [-0.2, 0) is 4.74 Å². The van der Waals surface area contributed by atoms with Crippen LogP contribution < -0.4 is 10.6 Å². The standard InChI is InChI=1S/C17H17ClN6O/c1-10-9-25-7-6-24(10)16-12-3-4-13(11-2-5-14(19)20-8-11)21-15(12)22-17(18)23-16/h2-5,8,10H,6-7,9H2,1H3,(H2,19,20). The van der Waals surface area contributed by atoms with Gasteiger partial charge in [0.15, 0.2) is 5.65 Å². The van der Waals surface area contributed by atoms with Crippen LogP contribution in [0.1, 0.15) is 6.92 Å². The third-order valence-electron chi connectivity index (χ3n) is 4.23. The number of pyridine rings is 2. The summed E-state index contributed by atoms with van der Waals surface area (Å²) in [5.41, 5.74) is 7.83. The van der Waals surface area contributed by atoms with E-state index in [1.54, 1.807) is 12.3 Å². The fourth-order valence-electron chi connectivity index (χ4n) is 2.95. The molecule has 25 heavy (non-hydrogen) atoms. The molecule has 2 N–H and O–H groups in total. The van der Waals surface area contributed by atoms with Crippen LogP contribution in [0.4, 0.5) is 11.6 Å². The molecule has 3 aromatic rings. The highest BCUT2D eigenvalue weighted by Gasteiger charge is 2.23. The van der Waals surface area contributed by atoms with E-state index >= 15 is 0 Å². The second-order valence-electron chi connectivity index (χ2n) is 5.97. The van der Waals surface area contributed by atoms with Gasteiger partial charge in [-0.25, -0.2) is 9.97 Å². The molecule has 3 aromatic heterocycles. The molecule has 0 radical (unpaired) electrons. The number of halogens is 1. The number of nitrogens with two attached hydrogens (primary N) is 1. The van der Waals surface area contributed by atoms with Crippen molar-refractivity contribution in [3.8, 4) is 11.3 Å². The maximum Gasteiger partial charge on any atom is 0.226 e. The number of aromatic nitrogens is 4. The summed E-state index contributed by atoms with van der Waals surface area (Å²) in [5, 5.41) is 1.05. The summed E-state index contributed by atoms with van der Waals surface area (Å²) in [6.07, 6.45) is 1.69. The quantitative estimate of drug-likeness (QED) is 0.705. The van der Waals surface area contributed by atoms with Gasteiger partial charge in [-0.3, -0.25) is 0 Å². The number of hydrogen-bond donors (Lipinski definition) is 1. The summed E-state index contributed by atoms with van der Waals surface area (Å²) in [4.78, 5) is 19.7. The molecule has 0 amide bonds. The number of ether oxygens (including phenoxy) is 1. The van der Waals surface area contributed by atoms with Crippen LogP contribution in [0.2, 0.25) is 5.28 Å². The summed E-state index contributed by atoms with van der Waals surface area (Å²) < 4.78 is 5.51. The normalized spacial score (nSPS) is 17.8. The molecule has 0 saturated carbocycles. The highest BCUT2D eigenvalue weighted by atomic mass is 35.5.